The van der Waals surface area contributed by atoms with Gasteiger partial charge in [0.25, 0.3) is 0 Å². The Morgan fingerprint density at radius 2 is 1.42 bits per heavy atom. The predicted octanol–water partition coefficient (Wildman–Crippen LogP) is -0.545. The van der Waals surface area contributed by atoms with E-state index in [-0.39, 0.29) is 18.3 Å². The van der Waals surface area contributed by atoms with Crippen molar-refractivity contribution in [1.29, 1.82) is 0 Å². The second-order valence-electron chi connectivity index (χ2n) is 9.02. The van der Waals surface area contributed by atoms with Gasteiger partial charge in [0.1, 0.15) is 18.1 Å². The van der Waals surface area contributed by atoms with Crippen LogP contribution in [0.4, 0.5) is 0 Å². The summed E-state index contributed by atoms with van der Waals surface area (Å²) in [7, 11) is 0. The third kappa shape index (κ3) is 11.4. The van der Waals surface area contributed by atoms with Crippen LogP contribution in [0, 0.1) is 11.8 Å². The molecule has 0 fully saturated rings. The van der Waals surface area contributed by atoms with Gasteiger partial charge in [-0.3, -0.25) is 14.4 Å². The molecule has 0 rings (SSSR count). The first-order valence-electron chi connectivity index (χ1n) is 11.6. The molecule has 0 radical (unpaired) electrons. The standard InChI is InChI=1S/C22H43N5O6/c1-6-13(4)17(26-19(29)15(24)9-7-8-10-23)20(30)27-18(14(5)28)21(31)25-16(22(32)33)11-12(2)3/h12-18,28H,6-11,23-24H2,1-5H3,(H,25,31)(H,26,29)(H,27,30)(H,32,33). The summed E-state index contributed by atoms with van der Waals surface area (Å²) in [5.41, 5.74) is 11.4. The fraction of sp³-hybridized carbons (Fsp3) is 0.818. The van der Waals surface area contributed by atoms with Crippen LogP contribution in [0.1, 0.15) is 66.7 Å². The molecule has 6 unspecified atom stereocenters. The van der Waals surface area contributed by atoms with Crippen LogP contribution in [0.3, 0.4) is 0 Å². The molecule has 33 heavy (non-hydrogen) atoms. The highest BCUT2D eigenvalue weighted by molar-refractivity contribution is 5.94. The lowest BCUT2D eigenvalue weighted by Crippen LogP contribution is -2.61. The van der Waals surface area contributed by atoms with Crippen molar-refractivity contribution in [3.63, 3.8) is 0 Å². The van der Waals surface area contributed by atoms with Gasteiger partial charge in [0.15, 0.2) is 0 Å². The van der Waals surface area contributed by atoms with Crippen LogP contribution < -0.4 is 27.4 Å². The van der Waals surface area contributed by atoms with Crippen LogP contribution >= 0.6 is 0 Å². The minimum Gasteiger partial charge on any atom is -0.480 e. The van der Waals surface area contributed by atoms with E-state index in [1.54, 1.807) is 6.92 Å². The third-order valence-corrected chi connectivity index (χ3v) is 5.48. The van der Waals surface area contributed by atoms with Crippen molar-refractivity contribution in [2.75, 3.05) is 6.54 Å². The number of hydrogen-bond donors (Lipinski definition) is 7. The summed E-state index contributed by atoms with van der Waals surface area (Å²) in [6, 6.07) is -4.34. The number of aliphatic carboxylic acids is 1. The van der Waals surface area contributed by atoms with Gasteiger partial charge in [-0.25, -0.2) is 4.79 Å². The number of carbonyl (C=O) groups excluding carboxylic acids is 3. The Balaban J connectivity index is 5.39. The van der Waals surface area contributed by atoms with Crippen molar-refractivity contribution in [1.82, 2.24) is 16.0 Å². The number of aliphatic hydroxyl groups excluding tert-OH is 1. The highest BCUT2D eigenvalue weighted by atomic mass is 16.4. The summed E-state index contributed by atoms with van der Waals surface area (Å²) >= 11 is 0. The molecule has 0 spiro atoms. The van der Waals surface area contributed by atoms with E-state index in [1.807, 2.05) is 20.8 Å². The highest BCUT2D eigenvalue weighted by Crippen LogP contribution is 2.11. The van der Waals surface area contributed by atoms with Crippen LogP contribution in [-0.2, 0) is 19.2 Å². The van der Waals surface area contributed by atoms with Gasteiger partial charge in [-0.15, -0.1) is 0 Å². The first-order chi connectivity index (χ1) is 15.3. The molecule has 0 saturated heterocycles. The number of aliphatic hydroxyl groups is 1. The zero-order valence-corrected chi connectivity index (χ0v) is 20.5. The van der Waals surface area contributed by atoms with E-state index < -0.39 is 54.0 Å². The van der Waals surface area contributed by atoms with E-state index in [4.69, 9.17) is 11.5 Å². The van der Waals surface area contributed by atoms with Gasteiger partial charge in [-0.05, 0) is 44.6 Å². The zero-order chi connectivity index (χ0) is 25.7. The Morgan fingerprint density at radius 1 is 0.879 bits per heavy atom. The first-order valence-corrected chi connectivity index (χ1v) is 11.6. The number of carbonyl (C=O) groups is 4. The summed E-state index contributed by atoms with van der Waals surface area (Å²) < 4.78 is 0. The lowest BCUT2D eigenvalue weighted by molar-refractivity contribution is -0.143. The minimum atomic E-state index is -1.40. The van der Waals surface area contributed by atoms with Crippen molar-refractivity contribution in [2.24, 2.45) is 23.3 Å². The lowest BCUT2D eigenvalue weighted by atomic mass is 9.96. The van der Waals surface area contributed by atoms with Crippen molar-refractivity contribution in [3.05, 3.63) is 0 Å². The number of carboxylic acid groups (broad SMARTS) is 1. The van der Waals surface area contributed by atoms with E-state index in [2.05, 4.69) is 16.0 Å². The maximum Gasteiger partial charge on any atom is 0.326 e. The molecule has 0 aliphatic rings. The number of nitrogens with one attached hydrogen (secondary N) is 3. The van der Waals surface area contributed by atoms with Gasteiger partial charge in [0.2, 0.25) is 17.7 Å². The molecular formula is C22H43N5O6. The zero-order valence-electron chi connectivity index (χ0n) is 20.5. The van der Waals surface area contributed by atoms with Gasteiger partial charge in [0, 0.05) is 0 Å². The van der Waals surface area contributed by atoms with Gasteiger partial charge in [-0.1, -0.05) is 40.5 Å². The molecule has 192 valence electrons. The van der Waals surface area contributed by atoms with E-state index >= 15 is 0 Å². The molecule has 6 atom stereocenters. The Hall–Kier alpha value is -2.24. The SMILES string of the molecule is CCC(C)C(NC(=O)C(N)CCCCN)C(=O)NC(C(=O)NC(CC(C)C)C(=O)O)C(C)O. The van der Waals surface area contributed by atoms with E-state index in [0.29, 0.717) is 25.8 Å². The number of carboxylic acids is 1. The van der Waals surface area contributed by atoms with Crippen molar-refractivity contribution in [2.45, 2.75) is 97.0 Å². The Bertz CT molecular complexity index is 643. The second kappa shape index (κ2) is 15.6. The summed E-state index contributed by atoms with van der Waals surface area (Å²) in [6.45, 7) is 9.06. The molecule has 11 heteroatoms. The fourth-order valence-corrected chi connectivity index (χ4v) is 3.20. The molecule has 11 nitrogen and oxygen atoms in total. The van der Waals surface area contributed by atoms with Crippen molar-refractivity contribution >= 4 is 23.7 Å². The number of rotatable bonds is 16. The Kier molecular flexibility index (Phi) is 14.5. The third-order valence-electron chi connectivity index (χ3n) is 5.48. The normalized spacial score (nSPS) is 16.8. The maximum atomic E-state index is 13.0. The van der Waals surface area contributed by atoms with Crippen LogP contribution in [-0.4, -0.2) is 70.7 Å². The quantitative estimate of drug-likeness (QED) is 0.145. The molecule has 0 bridgehead atoms. The van der Waals surface area contributed by atoms with Crippen LogP contribution in [0.2, 0.25) is 0 Å². The molecule has 0 aliphatic carbocycles. The van der Waals surface area contributed by atoms with E-state index in [0.717, 1.165) is 6.42 Å². The number of amides is 3. The molecular weight excluding hydrogens is 430 g/mol. The minimum absolute atomic E-state index is 0.00467. The van der Waals surface area contributed by atoms with Gasteiger partial charge in [-0.2, -0.15) is 0 Å². The molecule has 0 aliphatic heterocycles. The van der Waals surface area contributed by atoms with E-state index in [9.17, 15) is 29.4 Å². The second-order valence-corrected chi connectivity index (χ2v) is 9.02. The molecule has 0 aromatic carbocycles. The Morgan fingerprint density at radius 3 is 1.88 bits per heavy atom. The summed E-state index contributed by atoms with van der Waals surface area (Å²) in [4.78, 5) is 49.7. The van der Waals surface area contributed by atoms with Gasteiger partial charge < -0.3 is 37.6 Å². The lowest BCUT2D eigenvalue weighted by Gasteiger charge is -2.29. The van der Waals surface area contributed by atoms with Crippen molar-refractivity contribution < 1.29 is 29.4 Å². The molecule has 0 saturated carbocycles. The van der Waals surface area contributed by atoms with Crippen molar-refractivity contribution in [3.8, 4) is 0 Å². The number of nitrogens with two attached hydrogens (primary N) is 2. The van der Waals surface area contributed by atoms with Crippen LogP contribution in [0.15, 0.2) is 0 Å². The largest absolute Gasteiger partial charge is 0.480 e. The first kappa shape index (κ1) is 30.8. The number of unbranched alkanes of at least 4 members (excludes halogenated alkanes) is 1. The average Bonchev–Trinajstić information content (AvgIpc) is 2.73. The van der Waals surface area contributed by atoms with Crippen LogP contribution in [0.25, 0.3) is 0 Å². The summed E-state index contributed by atoms with van der Waals surface area (Å²) in [6.07, 6.45) is 1.28. The number of hydrogen-bond acceptors (Lipinski definition) is 7. The summed E-state index contributed by atoms with van der Waals surface area (Å²) in [5.74, 6) is -3.46. The molecule has 0 aromatic rings. The molecule has 9 N–H and O–H groups in total. The van der Waals surface area contributed by atoms with E-state index in [1.165, 1.54) is 6.92 Å². The fourth-order valence-electron chi connectivity index (χ4n) is 3.20. The van der Waals surface area contributed by atoms with Crippen LogP contribution in [0.5, 0.6) is 0 Å². The Labute approximate surface area is 196 Å². The predicted molar refractivity (Wildman–Crippen MR) is 125 cm³/mol. The van der Waals surface area contributed by atoms with Gasteiger partial charge >= 0.3 is 5.97 Å². The molecule has 0 heterocycles. The molecule has 3 amide bonds. The highest BCUT2D eigenvalue weighted by Gasteiger charge is 2.34. The maximum absolute atomic E-state index is 13.0. The summed E-state index contributed by atoms with van der Waals surface area (Å²) in [5, 5.41) is 26.9. The smallest absolute Gasteiger partial charge is 0.326 e. The monoisotopic (exact) mass is 473 g/mol. The topological polar surface area (TPSA) is 197 Å². The molecule has 0 aromatic heterocycles. The van der Waals surface area contributed by atoms with Gasteiger partial charge in [0.05, 0.1) is 12.1 Å². The average molecular weight is 474 g/mol.